The molecule has 0 aliphatic heterocycles. The molecule has 0 bridgehead atoms. The van der Waals surface area contributed by atoms with Gasteiger partial charge in [-0.3, -0.25) is 10.1 Å². The van der Waals surface area contributed by atoms with Crippen LogP contribution in [-0.4, -0.2) is 47.5 Å². The van der Waals surface area contributed by atoms with Crippen LogP contribution in [0.1, 0.15) is 27.2 Å². The largest absolute Gasteiger partial charge is 0.370 e. The average Bonchev–Trinajstić information content (AvgIpc) is 2.47. The van der Waals surface area contributed by atoms with Gasteiger partial charge in [0.15, 0.2) is 0 Å². The Kier molecular flexibility index (Phi) is 7.45. The third-order valence-corrected chi connectivity index (χ3v) is 3.23. The molecular formula is C14H25N5O2. The SMILES string of the molecule is CCNc1cc([N+](=O)[O-])cc(NCCCN(CC)CC)n1. The lowest BCUT2D eigenvalue weighted by molar-refractivity contribution is -0.384. The molecule has 0 saturated heterocycles. The van der Waals surface area contributed by atoms with Crippen molar-refractivity contribution in [3.8, 4) is 0 Å². The average molecular weight is 295 g/mol. The van der Waals surface area contributed by atoms with E-state index in [2.05, 4.69) is 34.4 Å². The second-order valence-corrected chi connectivity index (χ2v) is 4.69. The lowest BCUT2D eigenvalue weighted by Gasteiger charge is -2.17. The van der Waals surface area contributed by atoms with Gasteiger partial charge in [0.2, 0.25) is 0 Å². The van der Waals surface area contributed by atoms with Crippen molar-refractivity contribution in [2.45, 2.75) is 27.2 Å². The molecule has 0 spiro atoms. The van der Waals surface area contributed by atoms with Crippen LogP contribution in [0.5, 0.6) is 0 Å². The summed E-state index contributed by atoms with van der Waals surface area (Å²) < 4.78 is 0. The minimum absolute atomic E-state index is 0.0483. The zero-order valence-corrected chi connectivity index (χ0v) is 13.1. The molecule has 0 atom stereocenters. The molecule has 7 heteroatoms. The normalized spacial score (nSPS) is 10.7. The maximum atomic E-state index is 10.9. The first-order chi connectivity index (χ1) is 10.1. The van der Waals surface area contributed by atoms with Crippen LogP contribution in [0.3, 0.4) is 0 Å². The number of pyridine rings is 1. The van der Waals surface area contributed by atoms with Crippen molar-refractivity contribution in [1.82, 2.24) is 9.88 Å². The van der Waals surface area contributed by atoms with Crippen molar-refractivity contribution in [3.63, 3.8) is 0 Å². The summed E-state index contributed by atoms with van der Waals surface area (Å²) in [5, 5.41) is 17.1. The summed E-state index contributed by atoms with van der Waals surface area (Å²) >= 11 is 0. The third-order valence-electron chi connectivity index (χ3n) is 3.23. The van der Waals surface area contributed by atoms with Crippen molar-refractivity contribution in [1.29, 1.82) is 0 Å². The molecule has 0 unspecified atom stereocenters. The number of hydrogen-bond acceptors (Lipinski definition) is 6. The van der Waals surface area contributed by atoms with E-state index >= 15 is 0 Å². The van der Waals surface area contributed by atoms with Crippen molar-refractivity contribution in [3.05, 3.63) is 22.2 Å². The van der Waals surface area contributed by atoms with Gasteiger partial charge in [-0.15, -0.1) is 0 Å². The first-order valence-corrected chi connectivity index (χ1v) is 7.47. The van der Waals surface area contributed by atoms with E-state index in [0.717, 1.165) is 32.6 Å². The van der Waals surface area contributed by atoms with Gasteiger partial charge in [-0.1, -0.05) is 13.8 Å². The van der Waals surface area contributed by atoms with Crippen LogP contribution in [0, 0.1) is 10.1 Å². The van der Waals surface area contributed by atoms with E-state index in [-0.39, 0.29) is 5.69 Å². The fraction of sp³-hybridized carbons (Fsp3) is 0.643. The highest BCUT2D eigenvalue weighted by atomic mass is 16.6. The van der Waals surface area contributed by atoms with Gasteiger partial charge < -0.3 is 15.5 Å². The summed E-state index contributed by atoms with van der Waals surface area (Å²) in [5.74, 6) is 1.07. The fourth-order valence-electron chi connectivity index (χ4n) is 2.04. The van der Waals surface area contributed by atoms with Crippen molar-refractivity contribution in [2.24, 2.45) is 0 Å². The Balaban J connectivity index is 2.59. The number of aromatic nitrogens is 1. The predicted octanol–water partition coefficient (Wildman–Crippen LogP) is 2.57. The van der Waals surface area contributed by atoms with Gasteiger partial charge in [-0.25, -0.2) is 4.98 Å². The molecule has 1 rings (SSSR count). The van der Waals surface area contributed by atoms with Crippen LogP contribution in [0.15, 0.2) is 12.1 Å². The summed E-state index contributed by atoms with van der Waals surface area (Å²) in [6.07, 6.45) is 0.975. The van der Waals surface area contributed by atoms with E-state index in [4.69, 9.17) is 0 Å². The van der Waals surface area contributed by atoms with Gasteiger partial charge in [0.1, 0.15) is 11.6 Å². The molecule has 7 nitrogen and oxygen atoms in total. The summed E-state index contributed by atoms with van der Waals surface area (Å²) in [6, 6.07) is 2.92. The molecular weight excluding hydrogens is 270 g/mol. The van der Waals surface area contributed by atoms with Crippen LogP contribution >= 0.6 is 0 Å². The summed E-state index contributed by atoms with van der Waals surface area (Å²) in [4.78, 5) is 17.2. The third kappa shape index (κ3) is 5.95. The van der Waals surface area contributed by atoms with Gasteiger partial charge in [-0.2, -0.15) is 0 Å². The van der Waals surface area contributed by atoms with Gasteiger partial charge in [0.25, 0.3) is 5.69 Å². The molecule has 0 saturated carbocycles. The van der Waals surface area contributed by atoms with Crippen LogP contribution in [-0.2, 0) is 0 Å². The molecule has 0 amide bonds. The minimum Gasteiger partial charge on any atom is -0.370 e. The summed E-state index contributed by atoms with van der Waals surface area (Å²) in [6.45, 7) is 10.7. The Morgan fingerprint density at radius 1 is 1.19 bits per heavy atom. The zero-order valence-electron chi connectivity index (χ0n) is 13.1. The summed E-state index contributed by atoms with van der Waals surface area (Å²) in [7, 11) is 0. The van der Waals surface area contributed by atoms with Crippen molar-refractivity contribution < 1.29 is 4.92 Å². The quantitative estimate of drug-likeness (QED) is 0.392. The molecule has 1 heterocycles. The first-order valence-electron chi connectivity index (χ1n) is 7.47. The number of nitrogens with one attached hydrogen (secondary N) is 2. The van der Waals surface area contributed by atoms with E-state index in [1.54, 1.807) is 0 Å². The van der Waals surface area contributed by atoms with Crippen LogP contribution in [0.4, 0.5) is 17.3 Å². The maximum Gasteiger partial charge on any atom is 0.276 e. The number of hydrogen-bond donors (Lipinski definition) is 2. The van der Waals surface area contributed by atoms with E-state index in [1.165, 1.54) is 12.1 Å². The first kappa shape index (κ1) is 17.2. The fourth-order valence-corrected chi connectivity index (χ4v) is 2.04. The standard InChI is InChI=1S/C14H25N5O2/c1-4-15-13-10-12(19(20)21)11-14(17-13)16-8-7-9-18(5-2)6-3/h10-11H,4-9H2,1-3H3,(H2,15,16,17). The van der Waals surface area contributed by atoms with Gasteiger partial charge in [-0.05, 0) is 33.0 Å². The molecule has 21 heavy (non-hydrogen) atoms. The highest BCUT2D eigenvalue weighted by Crippen LogP contribution is 2.20. The molecule has 1 aromatic rings. The zero-order chi connectivity index (χ0) is 15.7. The monoisotopic (exact) mass is 295 g/mol. The van der Waals surface area contributed by atoms with Crippen LogP contribution in [0.25, 0.3) is 0 Å². The number of nitrogens with zero attached hydrogens (tertiary/aromatic N) is 3. The Labute approximate surface area is 125 Å². The molecule has 0 fully saturated rings. The number of anilines is 2. The number of rotatable bonds is 10. The highest BCUT2D eigenvalue weighted by molar-refractivity contribution is 5.54. The van der Waals surface area contributed by atoms with Crippen LogP contribution < -0.4 is 10.6 Å². The Morgan fingerprint density at radius 2 is 1.81 bits per heavy atom. The molecule has 1 aromatic heterocycles. The van der Waals surface area contributed by atoms with E-state index in [9.17, 15) is 10.1 Å². The molecule has 0 radical (unpaired) electrons. The van der Waals surface area contributed by atoms with Gasteiger partial charge >= 0.3 is 0 Å². The topological polar surface area (TPSA) is 83.3 Å². The maximum absolute atomic E-state index is 10.9. The second-order valence-electron chi connectivity index (χ2n) is 4.69. The Morgan fingerprint density at radius 3 is 2.33 bits per heavy atom. The Hall–Kier alpha value is -1.89. The number of nitro groups is 1. The molecule has 0 aliphatic rings. The molecule has 0 aromatic carbocycles. The molecule has 0 aliphatic carbocycles. The predicted molar refractivity (Wildman–Crippen MR) is 85.9 cm³/mol. The van der Waals surface area contributed by atoms with Gasteiger partial charge in [0, 0.05) is 13.1 Å². The minimum atomic E-state index is -0.399. The van der Waals surface area contributed by atoms with Crippen LogP contribution in [0.2, 0.25) is 0 Å². The van der Waals surface area contributed by atoms with E-state index in [0.29, 0.717) is 18.2 Å². The van der Waals surface area contributed by atoms with Crippen molar-refractivity contribution in [2.75, 3.05) is 43.4 Å². The van der Waals surface area contributed by atoms with E-state index < -0.39 is 4.92 Å². The Bertz CT molecular complexity index is 449. The molecule has 2 N–H and O–H groups in total. The van der Waals surface area contributed by atoms with E-state index in [1.807, 2.05) is 6.92 Å². The lowest BCUT2D eigenvalue weighted by atomic mass is 10.3. The van der Waals surface area contributed by atoms with Crippen molar-refractivity contribution >= 4 is 17.3 Å². The highest BCUT2D eigenvalue weighted by Gasteiger charge is 2.10. The lowest BCUT2D eigenvalue weighted by Crippen LogP contribution is -2.25. The second kappa shape index (κ2) is 9.12. The van der Waals surface area contributed by atoms with Gasteiger partial charge in [0.05, 0.1) is 17.1 Å². The smallest absolute Gasteiger partial charge is 0.276 e. The molecule has 118 valence electrons. The summed E-state index contributed by atoms with van der Waals surface area (Å²) in [5.41, 5.74) is 0.0483.